The van der Waals surface area contributed by atoms with Crippen LogP contribution in [0.1, 0.15) is 43.1 Å². The van der Waals surface area contributed by atoms with Crippen LogP contribution in [0.5, 0.6) is 0 Å². The summed E-state index contributed by atoms with van der Waals surface area (Å²) < 4.78 is 40.1. The summed E-state index contributed by atoms with van der Waals surface area (Å²) in [5, 5.41) is 14.4. The molecule has 138 valence electrons. The van der Waals surface area contributed by atoms with Crippen molar-refractivity contribution in [3.63, 3.8) is 0 Å². The fourth-order valence-corrected chi connectivity index (χ4v) is 3.25. The molecule has 0 bridgehead atoms. The van der Waals surface area contributed by atoms with E-state index in [1.54, 1.807) is 6.92 Å². The average Bonchev–Trinajstić information content (AvgIpc) is 2.98. The van der Waals surface area contributed by atoms with Crippen molar-refractivity contribution in [1.29, 1.82) is 0 Å². The molecular weight excluding hydrogens is 333 g/mol. The number of alkyl halides is 3. The van der Waals surface area contributed by atoms with E-state index in [1.807, 2.05) is 6.92 Å². The van der Waals surface area contributed by atoms with Crippen molar-refractivity contribution in [3.8, 4) is 0 Å². The zero-order valence-electron chi connectivity index (χ0n) is 14.7. The van der Waals surface area contributed by atoms with E-state index in [1.165, 1.54) is 0 Å². The Labute approximate surface area is 144 Å². The number of rotatable bonds is 4. The molecular formula is C16H23F3N6. The second-order valence-electron chi connectivity index (χ2n) is 6.62. The van der Waals surface area contributed by atoms with Crippen molar-refractivity contribution >= 4 is 11.5 Å². The zero-order valence-corrected chi connectivity index (χ0v) is 14.7. The number of anilines is 1. The van der Waals surface area contributed by atoms with Crippen LogP contribution < -0.4 is 5.32 Å². The molecule has 0 aromatic carbocycles. The number of hydrogen-bond donors (Lipinski definition) is 1. The predicted octanol–water partition coefficient (Wildman–Crippen LogP) is 3.05. The first-order valence-corrected chi connectivity index (χ1v) is 8.60. The second-order valence-corrected chi connectivity index (χ2v) is 6.62. The van der Waals surface area contributed by atoms with Crippen molar-refractivity contribution in [2.75, 3.05) is 25.0 Å². The number of nitrogens with one attached hydrogen (secondary N) is 1. The van der Waals surface area contributed by atoms with Gasteiger partial charge in [0.05, 0.1) is 0 Å². The highest BCUT2D eigenvalue weighted by Crippen LogP contribution is 2.30. The Morgan fingerprint density at radius 3 is 2.40 bits per heavy atom. The van der Waals surface area contributed by atoms with E-state index in [0.29, 0.717) is 11.4 Å². The van der Waals surface area contributed by atoms with Crippen LogP contribution in [0.3, 0.4) is 0 Å². The molecule has 2 aromatic rings. The summed E-state index contributed by atoms with van der Waals surface area (Å²) in [4.78, 5) is 2.41. The van der Waals surface area contributed by atoms with Crippen molar-refractivity contribution in [2.24, 2.45) is 0 Å². The van der Waals surface area contributed by atoms with E-state index < -0.39 is 12.0 Å². The van der Waals surface area contributed by atoms with Crippen LogP contribution in [0.25, 0.3) is 5.65 Å². The maximum absolute atomic E-state index is 13.1. The monoisotopic (exact) mass is 356 g/mol. The first kappa shape index (κ1) is 17.9. The van der Waals surface area contributed by atoms with Gasteiger partial charge >= 0.3 is 6.18 Å². The molecule has 9 heteroatoms. The lowest BCUT2D eigenvalue weighted by Crippen LogP contribution is -2.39. The molecule has 0 spiro atoms. The number of nitrogens with zero attached hydrogens (tertiary/aromatic N) is 5. The summed E-state index contributed by atoms with van der Waals surface area (Å²) in [6.45, 7) is 8.82. The quantitative estimate of drug-likeness (QED) is 0.912. The van der Waals surface area contributed by atoms with Gasteiger partial charge in [-0.25, -0.2) is 0 Å². The fourth-order valence-electron chi connectivity index (χ4n) is 3.25. The molecule has 0 amide bonds. The lowest BCUT2D eigenvalue weighted by molar-refractivity contribution is -0.146. The third-order valence-corrected chi connectivity index (χ3v) is 4.82. The number of aryl methyl sites for hydroxylation is 1. The lowest BCUT2D eigenvalue weighted by atomic mass is 10.0. The topological polar surface area (TPSA) is 58.4 Å². The van der Waals surface area contributed by atoms with Gasteiger partial charge in [0, 0.05) is 24.7 Å². The third kappa shape index (κ3) is 3.56. The summed E-state index contributed by atoms with van der Waals surface area (Å²) in [7, 11) is 0. The van der Waals surface area contributed by atoms with Crippen molar-refractivity contribution in [3.05, 3.63) is 17.0 Å². The van der Waals surface area contributed by atoms with Crippen LogP contribution >= 0.6 is 0 Å². The van der Waals surface area contributed by atoms with E-state index >= 15 is 0 Å². The molecule has 1 aliphatic heterocycles. The molecule has 1 fully saturated rings. The molecule has 0 unspecified atom stereocenters. The van der Waals surface area contributed by atoms with Gasteiger partial charge in [-0.05, 0) is 45.2 Å². The van der Waals surface area contributed by atoms with E-state index in [-0.39, 0.29) is 11.7 Å². The molecule has 2 aromatic heterocycles. The minimum absolute atomic E-state index is 0.146. The highest BCUT2D eigenvalue weighted by molar-refractivity contribution is 5.58. The standard InChI is InChI=1S/C16H23F3N6/c1-4-7-24-8-5-12(6-9-24)20-13-10(2)11(3)14-21-22-15(16(17,18)19)25(14)23-13/h12H,4-9H2,1-3H3,(H,20,23). The minimum Gasteiger partial charge on any atom is -0.366 e. The lowest BCUT2D eigenvalue weighted by Gasteiger charge is -2.32. The summed E-state index contributed by atoms with van der Waals surface area (Å²) in [6.07, 6.45) is -1.56. The predicted molar refractivity (Wildman–Crippen MR) is 88.6 cm³/mol. The maximum Gasteiger partial charge on any atom is 0.453 e. The van der Waals surface area contributed by atoms with Crippen LogP contribution in [-0.2, 0) is 6.18 Å². The Morgan fingerprint density at radius 1 is 1.12 bits per heavy atom. The SMILES string of the molecule is CCCN1CCC(Nc2nn3c(C(F)(F)F)nnc3c(C)c2C)CC1. The van der Waals surface area contributed by atoms with Crippen LogP contribution in [0.15, 0.2) is 0 Å². The van der Waals surface area contributed by atoms with Gasteiger partial charge in [-0.15, -0.1) is 15.3 Å². The molecule has 1 aliphatic rings. The molecule has 1 saturated heterocycles. The van der Waals surface area contributed by atoms with Gasteiger partial charge in [0.25, 0.3) is 5.82 Å². The van der Waals surface area contributed by atoms with Gasteiger partial charge in [-0.2, -0.15) is 17.7 Å². The van der Waals surface area contributed by atoms with E-state index in [9.17, 15) is 13.2 Å². The third-order valence-electron chi connectivity index (χ3n) is 4.82. The number of hydrogen-bond acceptors (Lipinski definition) is 5. The van der Waals surface area contributed by atoms with Gasteiger partial charge in [0.2, 0.25) is 0 Å². The van der Waals surface area contributed by atoms with Crippen LogP contribution in [0, 0.1) is 13.8 Å². The summed E-state index contributed by atoms with van der Waals surface area (Å²) in [6, 6.07) is 0.210. The van der Waals surface area contributed by atoms with Gasteiger partial charge in [-0.1, -0.05) is 6.92 Å². The fraction of sp³-hybridized carbons (Fsp3) is 0.688. The zero-order chi connectivity index (χ0) is 18.2. The Bertz CT molecular complexity index is 746. The smallest absolute Gasteiger partial charge is 0.366 e. The Hall–Kier alpha value is -1.90. The normalized spacial score (nSPS) is 17.4. The van der Waals surface area contributed by atoms with E-state index in [2.05, 4.69) is 32.4 Å². The summed E-state index contributed by atoms with van der Waals surface area (Å²) in [5.41, 5.74) is 1.61. The molecule has 0 saturated carbocycles. The Morgan fingerprint density at radius 2 is 1.80 bits per heavy atom. The summed E-state index contributed by atoms with van der Waals surface area (Å²) >= 11 is 0. The Kier molecular flexibility index (Phi) is 4.86. The van der Waals surface area contributed by atoms with Gasteiger partial charge < -0.3 is 10.2 Å². The molecule has 3 rings (SSSR count). The second kappa shape index (κ2) is 6.78. The number of fused-ring (bicyclic) bond motifs is 1. The first-order valence-electron chi connectivity index (χ1n) is 8.60. The molecule has 0 radical (unpaired) electrons. The van der Waals surface area contributed by atoms with Gasteiger partial charge in [0.1, 0.15) is 0 Å². The van der Waals surface area contributed by atoms with Crippen LogP contribution in [0.4, 0.5) is 19.0 Å². The Balaban J connectivity index is 1.85. The number of aromatic nitrogens is 4. The van der Waals surface area contributed by atoms with E-state index in [4.69, 9.17) is 0 Å². The van der Waals surface area contributed by atoms with Crippen LogP contribution in [0.2, 0.25) is 0 Å². The molecule has 25 heavy (non-hydrogen) atoms. The molecule has 6 nitrogen and oxygen atoms in total. The number of halogens is 3. The van der Waals surface area contributed by atoms with Crippen LogP contribution in [-0.4, -0.2) is 50.4 Å². The summed E-state index contributed by atoms with van der Waals surface area (Å²) in [5.74, 6) is -0.615. The van der Waals surface area contributed by atoms with E-state index in [0.717, 1.165) is 49.0 Å². The van der Waals surface area contributed by atoms with Gasteiger partial charge in [-0.3, -0.25) is 0 Å². The number of piperidine rings is 1. The largest absolute Gasteiger partial charge is 0.453 e. The highest BCUT2D eigenvalue weighted by atomic mass is 19.4. The highest BCUT2D eigenvalue weighted by Gasteiger charge is 2.38. The molecule has 1 N–H and O–H groups in total. The van der Waals surface area contributed by atoms with Crippen molar-refractivity contribution < 1.29 is 13.2 Å². The van der Waals surface area contributed by atoms with Crippen molar-refractivity contribution in [2.45, 2.75) is 52.3 Å². The maximum atomic E-state index is 13.1. The molecule has 3 heterocycles. The molecule has 0 aliphatic carbocycles. The van der Waals surface area contributed by atoms with Crippen molar-refractivity contribution in [1.82, 2.24) is 24.7 Å². The minimum atomic E-state index is -4.59. The van der Waals surface area contributed by atoms with Gasteiger partial charge in [0.15, 0.2) is 11.5 Å². The molecule has 0 atom stereocenters. The average molecular weight is 356 g/mol. The first-order chi connectivity index (χ1) is 11.8. The number of likely N-dealkylation sites (tertiary alicyclic amines) is 1.